The number of methoxy groups -OCH3 is 1. The zero-order chi connectivity index (χ0) is 12.0. The molecular weight excluding hydrogens is 212 g/mol. The molecule has 0 aliphatic carbocycles. The maximum absolute atomic E-state index is 5.33. The third kappa shape index (κ3) is 1.46. The van der Waals surface area contributed by atoms with Crippen LogP contribution < -0.4 is 10.1 Å². The molecule has 0 radical (unpaired) electrons. The van der Waals surface area contributed by atoms with Crippen LogP contribution in [0.3, 0.4) is 0 Å². The minimum Gasteiger partial charge on any atom is -0.497 e. The molecule has 0 fully saturated rings. The molecule has 90 valence electrons. The Morgan fingerprint density at radius 3 is 3.00 bits per heavy atom. The Morgan fingerprint density at radius 1 is 1.41 bits per heavy atom. The van der Waals surface area contributed by atoms with Crippen molar-refractivity contribution in [2.45, 2.75) is 19.4 Å². The molecule has 3 nitrogen and oxygen atoms in total. The fraction of sp³-hybridized carbons (Fsp3) is 0.429. The van der Waals surface area contributed by atoms with E-state index in [4.69, 9.17) is 4.74 Å². The Morgan fingerprint density at radius 2 is 2.24 bits per heavy atom. The highest BCUT2D eigenvalue weighted by Gasteiger charge is 2.23. The molecule has 1 aliphatic heterocycles. The van der Waals surface area contributed by atoms with E-state index in [9.17, 15) is 0 Å². The van der Waals surface area contributed by atoms with Crippen molar-refractivity contribution >= 4 is 10.9 Å². The molecule has 0 bridgehead atoms. The third-order valence-electron chi connectivity index (χ3n) is 3.81. The second kappa shape index (κ2) is 3.77. The molecule has 2 heterocycles. The summed E-state index contributed by atoms with van der Waals surface area (Å²) in [5, 5.41) is 4.81. The predicted molar refractivity (Wildman–Crippen MR) is 69.6 cm³/mol. The number of hydrogen-bond donors (Lipinski definition) is 1. The number of benzene rings is 1. The van der Waals surface area contributed by atoms with E-state index >= 15 is 0 Å². The number of ether oxygens (including phenoxy) is 1. The number of aromatic nitrogens is 1. The topological polar surface area (TPSA) is 26.2 Å². The number of nitrogens with zero attached hydrogens (tertiary/aromatic N) is 1. The minimum absolute atomic E-state index is 0.564. The van der Waals surface area contributed by atoms with Gasteiger partial charge in [-0.05, 0) is 29.7 Å². The quantitative estimate of drug-likeness (QED) is 0.814. The van der Waals surface area contributed by atoms with Gasteiger partial charge in [0.05, 0.1) is 7.11 Å². The molecule has 1 aromatic heterocycles. The van der Waals surface area contributed by atoms with Gasteiger partial charge in [0.25, 0.3) is 0 Å². The van der Waals surface area contributed by atoms with Crippen molar-refractivity contribution < 1.29 is 4.74 Å². The van der Waals surface area contributed by atoms with Crippen LogP contribution in [0.5, 0.6) is 5.75 Å². The number of aryl methyl sites for hydroxylation is 1. The van der Waals surface area contributed by atoms with Crippen LogP contribution >= 0.6 is 0 Å². The SMILES string of the molecule is COc1ccc2c(c1)c1c(n2C)CNCC1C. The molecule has 1 aromatic carbocycles. The third-order valence-corrected chi connectivity index (χ3v) is 3.81. The summed E-state index contributed by atoms with van der Waals surface area (Å²) in [7, 11) is 3.87. The second-order valence-corrected chi connectivity index (χ2v) is 4.83. The Balaban J connectivity index is 2.34. The molecule has 1 atom stereocenters. The van der Waals surface area contributed by atoms with Crippen molar-refractivity contribution in [2.75, 3.05) is 13.7 Å². The Bertz CT molecular complexity index is 571. The average molecular weight is 230 g/mol. The molecular formula is C14H18N2O. The van der Waals surface area contributed by atoms with E-state index in [2.05, 4.69) is 36.0 Å². The molecule has 2 aromatic rings. The van der Waals surface area contributed by atoms with Gasteiger partial charge >= 0.3 is 0 Å². The van der Waals surface area contributed by atoms with Gasteiger partial charge in [0, 0.05) is 36.7 Å². The van der Waals surface area contributed by atoms with E-state index in [0.717, 1.165) is 18.8 Å². The highest BCUT2D eigenvalue weighted by Crippen LogP contribution is 2.35. The zero-order valence-corrected chi connectivity index (χ0v) is 10.6. The van der Waals surface area contributed by atoms with Gasteiger partial charge in [0.15, 0.2) is 0 Å². The largest absolute Gasteiger partial charge is 0.497 e. The van der Waals surface area contributed by atoms with E-state index in [1.165, 1.54) is 22.2 Å². The minimum atomic E-state index is 0.564. The lowest BCUT2D eigenvalue weighted by atomic mass is 9.94. The predicted octanol–water partition coefficient (Wildman–Crippen LogP) is 2.39. The first-order valence-corrected chi connectivity index (χ1v) is 6.08. The normalized spacial score (nSPS) is 19.4. The van der Waals surface area contributed by atoms with Crippen molar-refractivity contribution in [3.8, 4) is 5.75 Å². The number of nitrogens with one attached hydrogen (secondary N) is 1. The molecule has 0 saturated carbocycles. The molecule has 1 aliphatic rings. The first kappa shape index (κ1) is 10.7. The van der Waals surface area contributed by atoms with Gasteiger partial charge in [-0.1, -0.05) is 6.92 Å². The van der Waals surface area contributed by atoms with Crippen molar-refractivity contribution in [1.82, 2.24) is 9.88 Å². The molecule has 1 N–H and O–H groups in total. The number of rotatable bonds is 1. The summed E-state index contributed by atoms with van der Waals surface area (Å²) in [4.78, 5) is 0. The van der Waals surface area contributed by atoms with E-state index < -0.39 is 0 Å². The second-order valence-electron chi connectivity index (χ2n) is 4.83. The van der Waals surface area contributed by atoms with Gasteiger partial charge in [-0.3, -0.25) is 0 Å². The van der Waals surface area contributed by atoms with Crippen molar-refractivity contribution in [3.63, 3.8) is 0 Å². The smallest absolute Gasteiger partial charge is 0.119 e. The van der Waals surface area contributed by atoms with Crippen LogP contribution in [0.4, 0.5) is 0 Å². The summed E-state index contributed by atoms with van der Waals surface area (Å²) in [6.45, 7) is 4.31. The van der Waals surface area contributed by atoms with Gasteiger partial charge < -0.3 is 14.6 Å². The molecule has 0 amide bonds. The summed E-state index contributed by atoms with van der Waals surface area (Å²) in [5.74, 6) is 1.51. The van der Waals surface area contributed by atoms with Crippen molar-refractivity contribution in [1.29, 1.82) is 0 Å². The highest BCUT2D eigenvalue weighted by molar-refractivity contribution is 5.87. The van der Waals surface area contributed by atoms with Crippen LogP contribution in [0.1, 0.15) is 24.1 Å². The summed E-state index contributed by atoms with van der Waals surface area (Å²) in [6.07, 6.45) is 0. The van der Waals surface area contributed by atoms with E-state index in [0.29, 0.717) is 5.92 Å². The van der Waals surface area contributed by atoms with E-state index in [1.807, 2.05) is 6.07 Å². The summed E-state index contributed by atoms with van der Waals surface area (Å²) in [6, 6.07) is 6.35. The molecule has 1 unspecified atom stereocenters. The first-order valence-electron chi connectivity index (χ1n) is 6.08. The van der Waals surface area contributed by atoms with Crippen LogP contribution in [-0.4, -0.2) is 18.2 Å². The van der Waals surface area contributed by atoms with E-state index in [-0.39, 0.29) is 0 Å². The lowest BCUT2D eigenvalue weighted by molar-refractivity contribution is 0.415. The van der Waals surface area contributed by atoms with Gasteiger partial charge in [0.2, 0.25) is 0 Å². The lowest BCUT2D eigenvalue weighted by Crippen LogP contribution is -2.27. The van der Waals surface area contributed by atoms with Gasteiger partial charge in [-0.15, -0.1) is 0 Å². The van der Waals surface area contributed by atoms with Crippen molar-refractivity contribution in [3.05, 3.63) is 29.5 Å². The van der Waals surface area contributed by atoms with Crippen LogP contribution in [0, 0.1) is 0 Å². The summed E-state index contributed by atoms with van der Waals surface area (Å²) < 4.78 is 7.63. The van der Waals surface area contributed by atoms with Gasteiger partial charge in [0.1, 0.15) is 5.75 Å². The van der Waals surface area contributed by atoms with Crippen LogP contribution in [0.2, 0.25) is 0 Å². The number of fused-ring (bicyclic) bond motifs is 3. The zero-order valence-electron chi connectivity index (χ0n) is 10.6. The first-order chi connectivity index (χ1) is 8.22. The average Bonchev–Trinajstić information content (AvgIpc) is 2.64. The maximum atomic E-state index is 5.33. The van der Waals surface area contributed by atoms with Gasteiger partial charge in [-0.25, -0.2) is 0 Å². The molecule has 0 saturated heterocycles. The molecule has 0 spiro atoms. The van der Waals surface area contributed by atoms with Crippen LogP contribution in [-0.2, 0) is 13.6 Å². The number of hydrogen-bond acceptors (Lipinski definition) is 2. The highest BCUT2D eigenvalue weighted by atomic mass is 16.5. The Kier molecular flexibility index (Phi) is 2.37. The molecule has 3 rings (SSSR count). The fourth-order valence-corrected chi connectivity index (χ4v) is 2.90. The Hall–Kier alpha value is -1.48. The summed E-state index contributed by atoms with van der Waals surface area (Å²) >= 11 is 0. The standard InChI is InChI=1S/C14H18N2O/c1-9-7-15-8-13-14(9)11-6-10(17-3)4-5-12(11)16(13)2/h4-6,9,15H,7-8H2,1-3H3. The monoisotopic (exact) mass is 230 g/mol. The fourth-order valence-electron chi connectivity index (χ4n) is 2.90. The van der Waals surface area contributed by atoms with E-state index in [1.54, 1.807) is 7.11 Å². The summed E-state index contributed by atoms with van der Waals surface area (Å²) in [5.41, 5.74) is 4.19. The molecule has 3 heteroatoms. The van der Waals surface area contributed by atoms with Crippen molar-refractivity contribution in [2.24, 2.45) is 7.05 Å². The maximum Gasteiger partial charge on any atom is 0.119 e. The Labute approximate surface area is 101 Å². The van der Waals surface area contributed by atoms with Gasteiger partial charge in [-0.2, -0.15) is 0 Å². The lowest BCUT2D eigenvalue weighted by Gasteiger charge is -2.21. The molecule has 17 heavy (non-hydrogen) atoms. The van der Waals surface area contributed by atoms with Crippen LogP contribution in [0.15, 0.2) is 18.2 Å². The van der Waals surface area contributed by atoms with Crippen LogP contribution in [0.25, 0.3) is 10.9 Å².